The van der Waals surface area contributed by atoms with Crippen LogP contribution in [0.5, 0.6) is 11.5 Å². The second-order valence-corrected chi connectivity index (χ2v) is 4.53. The van der Waals surface area contributed by atoms with Crippen LogP contribution in [0.1, 0.15) is 18.1 Å². The van der Waals surface area contributed by atoms with Crippen LogP contribution in [0.3, 0.4) is 0 Å². The van der Waals surface area contributed by atoms with Gasteiger partial charge in [-0.1, -0.05) is 12.1 Å². The van der Waals surface area contributed by atoms with E-state index in [4.69, 9.17) is 15.2 Å². The molecule has 108 valence electrons. The highest BCUT2D eigenvalue weighted by molar-refractivity contribution is 5.47. The predicted molar refractivity (Wildman–Crippen MR) is 77.9 cm³/mol. The molecule has 2 N–H and O–H groups in total. The molecule has 0 bridgehead atoms. The van der Waals surface area contributed by atoms with Crippen molar-refractivity contribution in [2.45, 2.75) is 20.0 Å². The average molecular weight is 275 g/mol. The molecule has 5 nitrogen and oxygen atoms in total. The molecule has 0 saturated carbocycles. The molecule has 1 heterocycles. The minimum atomic E-state index is 0.468. The number of benzene rings is 1. The average Bonchev–Trinajstić information content (AvgIpc) is 2.84. The predicted octanol–water partition coefficient (Wildman–Crippen LogP) is 1.90. The molecule has 0 spiro atoms. The highest BCUT2D eigenvalue weighted by atomic mass is 16.5. The zero-order valence-corrected chi connectivity index (χ0v) is 12.0. The lowest BCUT2D eigenvalue weighted by molar-refractivity contribution is 0.266. The monoisotopic (exact) mass is 275 g/mol. The summed E-state index contributed by atoms with van der Waals surface area (Å²) in [5.41, 5.74) is 7.75. The largest absolute Gasteiger partial charge is 0.490 e. The molecule has 0 atom stereocenters. The summed E-state index contributed by atoms with van der Waals surface area (Å²) in [6.45, 7) is 3.62. The maximum atomic E-state index is 5.94. The molecule has 0 aliphatic heterocycles. The van der Waals surface area contributed by atoms with Crippen molar-refractivity contribution in [3.63, 3.8) is 0 Å². The quantitative estimate of drug-likeness (QED) is 0.838. The molecule has 0 radical (unpaired) electrons. The van der Waals surface area contributed by atoms with Crippen molar-refractivity contribution in [1.82, 2.24) is 9.78 Å². The van der Waals surface area contributed by atoms with E-state index in [1.807, 2.05) is 38.4 Å². The van der Waals surface area contributed by atoms with E-state index in [9.17, 15) is 0 Å². The van der Waals surface area contributed by atoms with Crippen LogP contribution in [-0.2, 0) is 20.1 Å². The number of nitrogens with zero attached hydrogens (tertiary/aromatic N) is 2. The van der Waals surface area contributed by atoms with E-state index in [0.29, 0.717) is 19.8 Å². The smallest absolute Gasteiger partial charge is 0.164 e. The SMILES string of the molecule is CCOc1cccc(CCN)c1OCc1cnn(C)c1. The molecule has 2 rings (SSSR count). The van der Waals surface area contributed by atoms with E-state index in [2.05, 4.69) is 5.10 Å². The maximum absolute atomic E-state index is 5.94. The summed E-state index contributed by atoms with van der Waals surface area (Å²) in [5.74, 6) is 1.55. The van der Waals surface area contributed by atoms with Crippen LogP contribution in [0.2, 0.25) is 0 Å². The van der Waals surface area contributed by atoms with Crippen LogP contribution in [0.4, 0.5) is 0 Å². The number of para-hydroxylation sites is 1. The first kappa shape index (κ1) is 14.4. The van der Waals surface area contributed by atoms with Crippen molar-refractivity contribution in [2.75, 3.05) is 13.2 Å². The molecule has 0 saturated heterocycles. The Morgan fingerprint density at radius 2 is 2.15 bits per heavy atom. The van der Waals surface area contributed by atoms with Gasteiger partial charge in [0.15, 0.2) is 11.5 Å². The highest BCUT2D eigenvalue weighted by Gasteiger charge is 2.11. The lowest BCUT2D eigenvalue weighted by Crippen LogP contribution is -2.07. The van der Waals surface area contributed by atoms with Crippen molar-refractivity contribution >= 4 is 0 Å². The number of hydrogen-bond acceptors (Lipinski definition) is 4. The van der Waals surface area contributed by atoms with Gasteiger partial charge in [-0.15, -0.1) is 0 Å². The highest BCUT2D eigenvalue weighted by Crippen LogP contribution is 2.32. The third-order valence-corrected chi connectivity index (χ3v) is 2.92. The second kappa shape index (κ2) is 6.96. The van der Waals surface area contributed by atoms with Gasteiger partial charge in [-0.25, -0.2) is 0 Å². The first-order chi connectivity index (χ1) is 9.74. The summed E-state index contributed by atoms with van der Waals surface area (Å²) in [4.78, 5) is 0. The van der Waals surface area contributed by atoms with E-state index in [1.54, 1.807) is 10.9 Å². The summed E-state index contributed by atoms with van der Waals surface area (Å²) in [7, 11) is 1.89. The van der Waals surface area contributed by atoms with Crippen molar-refractivity contribution in [1.29, 1.82) is 0 Å². The molecule has 2 aromatic rings. The van der Waals surface area contributed by atoms with Gasteiger partial charge in [0.2, 0.25) is 0 Å². The summed E-state index contributed by atoms with van der Waals surface area (Å²) >= 11 is 0. The summed E-state index contributed by atoms with van der Waals surface area (Å²) in [6, 6.07) is 5.91. The van der Waals surface area contributed by atoms with Crippen molar-refractivity contribution in [2.24, 2.45) is 12.8 Å². The van der Waals surface area contributed by atoms with Gasteiger partial charge in [-0.05, 0) is 31.5 Å². The minimum absolute atomic E-state index is 0.468. The molecule has 0 fully saturated rings. The fourth-order valence-electron chi connectivity index (χ4n) is 2.05. The van der Waals surface area contributed by atoms with E-state index < -0.39 is 0 Å². The summed E-state index contributed by atoms with van der Waals surface area (Å²) in [6.07, 6.45) is 4.50. The minimum Gasteiger partial charge on any atom is -0.490 e. The van der Waals surface area contributed by atoms with Crippen LogP contribution in [0.25, 0.3) is 0 Å². The van der Waals surface area contributed by atoms with Crippen LogP contribution in [0.15, 0.2) is 30.6 Å². The molecule has 0 aliphatic carbocycles. The fourth-order valence-corrected chi connectivity index (χ4v) is 2.05. The summed E-state index contributed by atoms with van der Waals surface area (Å²) in [5, 5.41) is 4.13. The number of hydrogen-bond donors (Lipinski definition) is 1. The Hall–Kier alpha value is -2.01. The lowest BCUT2D eigenvalue weighted by atomic mass is 10.1. The Bertz CT molecular complexity index is 528. The standard InChI is InChI=1S/C15H21N3O2/c1-3-19-14-6-4-5-13(7-8-16)15(14)20-11-12-9-17-18(2)10-12/h4-6,9-10H,3,7-8,11,16H2,1-2H3. The van der Waals surface area contributed by atoms with E-state index in [0.717, 1.165) is 29.0 Å². The molecule has 0 aliphatic rings. The number of aryl methyl sites for hydroxylation is 1. The van der Waals surface area contributed by atoms with Crippen molar-refractivity contribution in [3.8, 4) is 11.5 Å². The first-order valence-electron chi connectivity index (χ1n) is 6.79. The topological polar surface area (TPSA) is 62.3 Å². The van der Waals surface area contributed by atoms with Crippen molar-refractivity contribution < 1.29 is 9.47 Å². The Labute approximate surface area is 119 Å². The molecular weight excluding hydrogens is 254 g/mol. The molecule has 20 heavy (non-hydrogen) atoms. The molecular formula is C15H21N3O2. The maximum Gasteiger partial charge on any atom is 0.164 e. The van der Waals surface area contributed by atoms with Crippen LogP contribution in [-0.4, -0.2) is 22.9 Å². The molecule has 1 aromatic carbocycles. The van der Waals surface area contributed by atoms with Crippen molar-refractivity contribution in [3.05, 3.63) is 41.7 Å². The number of rotatable bonds is 7. The van der Waals surface area contributed by atoms with Gasteiger partial charge in [-0.3, -0.25) is 4.68 Å². The van der Waals surface area contributed by atoms with Gasteiger partial charge in [0.1, 0.15) is 6.61 Å². The number of aromatic nitrogens is 2. The van der Waals surface area contributed by atoms with Gasteiger partial charge >= 0.3 is 0 Å². The third kappa shape index (κ3) is 3.51. The van der Waals surface area contributed by atoms with E-state index >= 15 is 0 Å². The fraction of sp³-hybridized carbons (Fsp3) is 0.400. The Morgan fingerprint density at radius 1 is 1.30 bits per heavy atom. The zero-order chi connectivity index (χ0) is 14.4. The van der Waals surface area contributed by atoms with Gasteiger partial charge in [0, 0.05) is 18.8 Å². The van der Waals surface area contributed by atoms with Gasteiger partial charge in [0.05, 0.1) is 12.8 Å². The van der Waals surface area contributed by atoms with Gasteiger partial charge in [-0.2, -0.15) is 5.10 Å². The van der Waals surface area contributed by atoms with Gasteiger partial charge in [0.25, 0.3) is 0 Å². The molecule has 0 amide bonds. The Balaban J connectivity index is 2.18. The second-order valence-electron chi connectivity index (χ2n) is 4.53. The molecule has 0 unspecified atom stereocenters. The summed E-state index contributed by atoms with van der Waals surface area (Å²) < 4.78 is 13.3. The van der Waals surface area contributed by atoms with E-state index in [1.165, 1.54) is 0 Å². The van der Waals surface area contributed by atoms with Crippen LogP contribution < -0.4 is 15.2 Å². The Morgan fingerprint density at radius 3 is 2.80 bits per heavy atom. The first-order valence-corrected chi connectivity index (χ1v) is 6.79. The number of ether oxygens (including phenoxy) is 2. The number of nitrogens with two attached hydrogens (primary N) is 1. The van der Waals surface area contributed by atoms with Crippen LogP contribution >= 0.6 is 0 Å². The normalized spacial score (nSPS) is 10.6. The third-order valence-electron chi connectivity index (χ3n) is 2.92. The molecule has 1 aromatic heterocycles. The Kier molecular flexibility index (Phi) is 5.01. The zero-order valence-electron chi connectivity index (χ0n) is 12.0. The van der Waals surface area contributed by atoms with Crippen LogP contribution in [0, 0.1) is 0 Å². The van der Waals surface area contributed by atoms with E-state index in [-0.39, 0.29) is 0 Å². The molecule has 5 heteroatoms. The lowest BCUT2D eigenvalue weighted by Gasteiger charge is -2.15. The van der Waals surface area contributed by atoms with Gasteiger partial charge < -0.3 is 15.2 Å².